The lowest BCUT2D eigenvalue weighted by Gasteiger charge is -2.18. The smallest absolute Gasteiger partial charge is 0.125 e. The van der Waals surface area contributed by atoms with E-state index in [1.165, 1.54) is 10.5 Å². The second-order valence-corrected chi connectivity index (χ2v) is 4.60. The molecule has 0 saturated heterocycles. The summed E-state index contributed by atoms with van der Waals surface area (Å²) in [4.78, 5) is 1.29. The molecule has 1 unspecified atom stereocenters. The van der Waals surface area contributed by atoms with Crippen molar-refractivity contribution in [1.29, 1.82) is 0 Å². The lowest BCUT2D eigenvalue weighted by atomic mass is 10.0. The predicted octanol–water partition coefficient (Wildman–Crippen LogP) is 3.70. The molecule has 1 aromatic carbocycles. The first-order valence-corrected chi connectivity index (χ1v) is 6.99. The Balaban J connectivity index is 2.39. The van der Waals surface area contributed by atoms with E-state index < -0.39 is 0 Å². The van der Waals surface area contributed by atoms with Gasteiger partial charge >= 0.3 is 0 Å². The van der Waals surface area contributed by atoms with Crippen LogP contribution in [0.1, 0.15) is 24.3 Å². The minimum Gasteiger partial charge on any atom is -0.467 e. The number of furan rings is 1. The second kappa shape index (κ2) is 5.94. The van der Waals surface area contributed by atoms with Gasteiger partial charge in [-0.3, -0.25) is 0 Å². The molecular weight excluding hydrogens is 230 g/mol. The van der Waals surface area contributed by atoms with E-state index >= 15 is 0 Å². The summed E-state index contributed by atoms with van der Waals surface area (Å²) in [6.45, 7) is 3.02. The van der Waals surface area contributed by atoms with Gasteiger partial charge in [-0.05, 0) is 36.6 Å². The molecule has 90 valence electrons. The highest BCUT2D eigenvalue weighted by Gasteiger charge is 2.18. The fourth-order valence-corrected chi connectivity index (χ4v) is 2.56. The normalized spacial score (nSPS) is 12.6. The van der Waals surface area contributed by atoms with E-state index in [0.717, 1.165) is 12.3 Å². The highest BCUT2D eigenvalue weighted by atomic mass is 32.2. The Morgan fingerprint density at radius 1 is 1.24 bits per heavy atom. The zero-order valence-corrected chi connectivity index (χ0v) is 11.0. The van der Waals surface area contributed by atoms with Crippen molar-refractivity contribution in [1.82, 2.24) is 5.32 Å². The molecule has 0 bridgehead atoms. The molecular formula is C14H17NOS. The predicted molar refractivity (Wildman–Crippen MR) is 72.5 cm³/mol. The van der Waals surface area contributed by atoms with Gasteiger partial charge in [0.05, 0.1) is 12.3 Å². The second-order valence-electron chi connectivity index (χ2n) is 3.75. The zero-order valence-electron chi connectivity index (χ0n) is 10.1. The van der Waals surface area contributed by atoms with E-state index in [-0.39, 0.29) is 6.04 Å². The molecule has 1 atom stereocenters. The van der Waals surface area contributed by atoms with E-state index in [0.29, 0.717) is 0 Å². The van der Waals surface area contributed by atoms with Crippen molar-refractivity contribution in [3.63, 3.8) is 0 Å². The molecule has 1 N–H and O–H groups in total. The average molecular weight is 247 g/mol. The summed E-state index contributed by atoms with van der Waals surface area (Å²) in [5.74, 6) is 0.966. The molecule has 0 aliphatic carbocycles. The maximum absolute atomic E-state index is 5.53. The molecule has 17 heavy (non-hydrogen) atoms. The molecule has 0 aliphatic rings. The van der Waals surface area contributed by atoms with Crippen LogP contribution < -0.4 is 5.32 Å². The molecule has 2 nitrogen and oxygen atoms in total. The molecule has 0 fully saturated rings. The van der Waals surface area contributed by atoms with Crippen LogP contribution in [0.25, 0.3) is 0 Å². The molecule has 2 aromatic rings. The Hall–Kier alpha value is -1.19. The minimum absolute atomic E-state index is 0.138. The topological polar surface area (TPSA) is 25.2 Å². The van der Waals surface area contributed by atoms with Crippen LogP contribution in [0.5, 0.6) is 0 Å². The number of thioether (sulfide) groups is 1. The van der Waals surface area contributed by atoms with Crippen molar-refractivity contribution in [2.45, 2.75) is 17.9 Å². The summed E-state index contributed by atoms with van der Waals surface area (Å²) < 4.78 is 5.53. The van der Waals surface area contributed by atoms with Gasteiger partial charge in [-0.15, -0.1) is 11.8 Å². The van der Waals surface area contributed by atoms with Crippen LogP contribution in [0.3, 0.4) is 0 Å². The summed E-state index contributed by atoms with van der Waals surface area (Å²) >= 11 is 1.77. The van der Waals surface area contributed by atoms with Crippen molar-refractivity contribution in [2.24, 2.45) is 0 Å². The van der Waals surface area contributed by atoms with Crippen LogP contribution in [0.15, 0.2) is 52.0 Å². The number of hydrogen-bond acceptors (Lipinski definition) is 3. The molecule has 3 heteroatoms. The standard InChI is InChI=1S/C14H17NOS/c1-3-15-14(12-8-6-10-16-12)11-7-4-5-9-13(11)17-2/h4-10,14-15H,3H2,1-2H3. The van der Waals surface area contributed by atoms with Gasteiger partial charge in [-0.25, -0.2) is 0 Å². The first-order valence-electron chi connectivity index (χ1n) is 5.76. The Morgan fingerprint density at radius 3 is 2.71 bits per heavy atom. The Labute approximate surface area is 106 Å². The van der Waals surface area contributed by atoms with Crippen molar-refractivity contribution >= 4 is 11.8 Å². The van der Waals surface area contributed by atoms with Gasteiger partial charge < -0.3 is 9.73 Å². The van der Waals surface area contributed by atoms with Crippen LogP contribution in [0.4, 0.5) is 0 Å². The Morgan fingerprint density at radius 2 is 2.06 bits per heavy atom. The van der Waals surface area contributed by atoms with Crippen molar-refractivity contribution in [3.8, 4) is 0 Å². The number of benzene rings is 1. The van der Waals surface area contributed by atoms with Gasteiger partial charge in [0.25, 0.3) is 0 Å². The largest absolute Gasteiger partial charge is 0.467 e. The van der Waals surface area contributed by atoms with Gasteiger partial charge in [0, 0.05) is 4.90 Å². The van der Waals surface area contributed by atoms with Gasteiger partial charge in [0.1, 0.15) is 5.76 Å². The van der Waals surface area contributed by atoms with Crippen LogP contribution in [0, 0.1) is 0 Å². The van der Waals surface area contributed by atoms with Gasteiger partial charge in [-0.2, -0.15) is 0 Å². The van der Waals surface area contributed by atoms with Crippen LogP contribution in [0.2, 0.25) is 0 Å². The van der Waals surface area contributed by atoms with Crippen molar-refractivity contribution in [2.75, 3.05) is 12.8 Å². The third-order valence-corrected chi connectivity index (χ3v) is 3.50. The lowest BCUT2D eigenvalue weighted by molar-refractivity contribution is 0.449. The molecule has 0 aliphatic heterocycles. The van der Waals surface area contributed by atoms with Gasteiger partial charge in [0.2, 0.25) is 0 Å². The van der Waals surface area contributed by atoms with Gasteiger partial charge in [-0.1, -0.05) is 25.1 Å². The van der Waals surface area contributed by atoms with E-state index in [4.69, 9.17) is 4.42 Å². The highest BCUT2D eigenvalue weighted by Crippen LogP contribution is 2.30. The zero-order chi connectivity index (χ0) is 12.1. The number of nitrogens with one attached hydrogen (secondary N) is 1. The van der Waals surface area contributed by atoms with E-state index in [9.17, 15) is 0 Å². The first-order chi connectivity index (χ1) is 8.36. The SMILES string of the molecule is CCNC(c1ccco1)c1ccccc1SC. The third-order valence-electron chi connectivity index (χ3n) is 2.69. The maximum Gasteiger partial charge on any atom is 0.125 e. The molecule has 1 aromatic heterocycles. The van der Waals surface area contributed by atoms with Crippen LogP contribution >= 0.6 is 11.8 Å². The monoisotopic (exact) mass is 247 g/mol. The molecule has 1 heterocycles. The molecule has 0 saturated carbocycles. The molecule has 0 spiro atoms. The number of rotatable bonds is 5. The Kier molecular flexibility index (Phi) is 4.29. The van der Waals surface area contributed by atoms with E-state index in [1.807, 2.05) is 12.1 Å². The van der Waals surface area contributed by atoms with Crippen molar-refractivity contribution in [3.05, 3.63) is 54.0 Å². The Bertz CT molecular complexity index is 453. The third kappa shape index (κ3) is 2.73. The summed E-state index contributed by atoms with van der Waals surface area (Å²) in [6.07, 6.45) is 3.82. The van der Waals surface area contributed by atoms with E-state index in [1.54, 1.807) is 18.0 Å². The highest BCUT2D eigenvalue weighted by molar-refractivity contribution is 7.98. The van der Waals surface area contributed by atoms with E-state index in [2.05, 4.69) is 42.8 Å². The summed E-state index contributed by atoms with van der Waals surface area (Å²) in [5, 5.41) is 3.47. The van der Waals surface area contributed by atoms with Crippen LogP contribution in [-0.2, 0) is 0 Å². The van der Waals surface area contributed by atoms with Gasteiger partial charge in [0.15, 0.2) is 0 Å². The summed E-state index contributed by atoms with van der Waals surface area (Å²) in [5.41, 5.74) is 1.27. The summed E-state index contributed by atoms with van der Waals surface area (Å²) in [7, 11) is 0. The lowest BCUT2D eigenvalue weighted by Crippen LogP contribution is -2.22. The fourth-order valence-electron chi connectivity index (χ4n) is 1.93. The maximum atomic E-state index is 5.53. The quantitative estimate of drug-likeness (QED) is 0.816. The first kappa shape index (κ1) is 12.3. The molecule has 0 radical (unpaired) electrons. The molecule has 0 amide bonds. The van der Waals surface area contributed by atoms with Crippen molar-refractivity contribution < 1.29 is 4.42 Å². The average Bonchev–Trinajstić information content (AvgIpc) is 2.89. The minimum atomic E-state index is 0.138. The van der Waals surface area contributed by atoms with Crippen LogP contribution in [-0.4, -0.2) is 12.8 Å². The summed E-state index contributed by atoms with van der Waals surface area (Å²) in [6, 6.07) is 12.5. The molecule has 2 rings (SSSR count). The fraction of sp³-hybridized carbons (Fsp3) is 0.286. The number of hydrogen-bond donors (Lipinski definition) is 1.